The summed E-state index contributed by atoms with van der Waals surface area (Å²) in [6.45, 7) is 0. The van der Waals surface area contributed by atoms with Crippen LogP contribution in [0.5, 0.6) is 11.5 Å². The number of halogens is 1. The Hall–Kier alpha value is -2.53. The zero-order valence-electron chi connectivity index (χ0n) is 16.5. The van der Waals surface area contributed by atoms with E-state index in [2.05, 4.69) is 10.6 Å². The Bertz CT molecular complexity index is 1040. The van der Waals surface area contributed by atoms with E-state index >= 15 is 0 Å². The first kappa shape index (κ1) is 18.3. The van der Waals surface area contributed by atoms with E-state index in [0.29, 0.717) is 51.2 Å². The van der Waals surface area contributed by atoms with Gasteiger partial charge in [-0.2, -0.15) is 0 Å². The van der Waals surface area contributed by atoms with E-state index in [0.717, 1.165) is 19.3 Å². The average Bonchev–Trinajstić information content (AvgIpc) is 2.82. The highest BCUT2D eigenvalue weighted by Crippen LogP contribution is 2.60. The maximum absolute atomic E-state index is 13.3. The van der Waals surface area contributed by atoms with Crippen LogP contribution in [0.4, 0.5) is 11.4 Å². The van der Waals surface area contributed by atoms with Crippen molar-refractivity contribution >= 4 is 34.8 Å². The molecule has 0 unspecified atom stereocenters. The number of carbonyl (C=O) groups is 2. The summed E-state index contributed by atoms with van der Waals surface area (Å²) < 4.78 is 5.93. The number of nitrogens with one attached hydrogen (secondary N) is 2. The molecule has 2 aromatic rings. The van der Waals surface area contributed by atoms with Crippen LogP contribution in [0.1, 0.15) is 48.9 Å². The van der Waals surface area contributed by atoms with E-state index in [9.17, 15) is 9.59 Å². The summed E-state index contributed by atoms with van der Waals surface area (Å²) in [4.78, 5) is 26.1. The second-order valence-electron chi connectivity index (χ2n) is 9.56. The molecule has 4 aliphatic carbocycles. The molecule has 2 aromatic carbocycles. The van der Waals surface area contributed by atoms with Crippen molar-refractivity contribution in [2.45, 2.75) is 38.5 Å². The quantitative estimate of drug-likeness (QED) is 0.637. The molecule has 0 aromatic heterocycles. The van der Waals surface area contributed by atoms with E-state index in [1.807, 2.05) is 6.07 Å². The summed E-state index contributed by atoms with van der Waals surface area (Å²) in [5.74, 6) is 2.96. The zero-order valence-corrected chi connectivity index (χ0v) is 17.3. The molecular weight excluding hydrogens is 400 g/mol. The molecule has 0 atom stereocenters. The minimum Gasteiger partial charge on any atom is -0.454 e. The van der Waals surface area contributed by atoms with E-state index in [1.165, 1.54) is 19.3 Å². The lowest BCUT2D eigenvalue weighted by molar-refractivity contribution is -0.140. The third kappa shape index (κ3) is 2.90. The van der Waals surface area contributed by atoms with Crippen molar-refractivity contribution in [2.75, 3.05) is 10.6 Å². The lowest BCUT2D eigenvalue weighted by atomic mass is 9.49. The number of ether oxygens (including phenoxy) is 1. The van der Waals surface area contributed by atoms with Crippen LogP contribution in [0.25, 0.3) is 0 Å². The van der Waals surface area contributed by atoms with Crippen molar-refractivity contribution in [1.82, 2.24) is 0 Å². The van der Waals surface area contributed by atoms with Crippen molar-refractivity contribution < 1.29 is 14.3 Å². The molecule has 5 aliphatic rings. The molecule has 30 heavy (non-hydrogen) atoms. The number of anilines is 2. The van der Waals surface area contributed by atoms with Gasteiger partial charge in [-0.25, -0.2) is 0 Å². The molecule has 5 nitrogen and oxygen atoms in total. The molecule has 0 radical (unpaired) electrons. The van der Waals surface area contributed by atoms with Crippen molar-refractivity contribution in [1.29, 1.82) is 0 Å². The monoisotopic (exact) mass is 422 g/mol. The fourth-order valence-electron chi connectivity index (χ4n) is 6.52. The molecule has 2 N–H and O–H groups in total. The van der Waals surface area contributed by atoms with Gasteiger partial charge in [-0.15, -0.1) is 0 Å². The predicted octanol–water partition coefficient (Wildman–Crippen LogP) is 5.85. The highest BCUT2D eigenvalue weighted by molar-refractivity contribution is 6.31. The smallest absolute Gasteiger partial charge is 0.259 e. The van der Waals surface area contributed by atoms with Crippen LogP contribution in [0.2, 0.25) is 5.02 Å². The first-order chi connectivity index (χ1) is 14.5. The van der Waals surface area contributed by atoms with Gasteiger partial charge < -0.3 is 15.4 Å². The zero-order chi connectivity index (χ0) is 20.5. The highest BCUT2D eigenvalue weighted by atomic mass is 35.5. The van der Waals surface area contributed by atoms with Gasteiger partial charge in [-0.05, 0) is 92.7 Å². The maximum Gasteiger partial charge on any atom is 0.259 e. The van der Waals surface area contributed by atoms with Crippen LogP contribution in [0, 0.1) is 23.2 Å². The molecule has 4 bridgehead atoms. The molecule has 154 valence electrons. The molecule has 1 aliphatic heterocycles. The lowest BCUT2D eigenvalue weighted by Gasteiger charge is -2.55. The van der Waals surface area contributed by atoms with Gasteiger partial charge >= 0.3 is 0 Å². The molecule has 1 heterocycles. The predicted molar refractivity (Wildman–Crippen MR) is 115 cm³/mol. The van der Waals surface area contributed by atoms with E-state index in [-0.39, 0.29) is 17.2 Å². The number of hydrogen-bond donors (Lipinski definition) is 2. The SMILES string of the molecule is O=C1Nc2cc(Cl)ccc2Oc2ccc(NC(=O)C34CC5CC(CC(C5)C3)C4)cc21. The number of amides is 2. The van der Waals surface area contributed by atoms with Crippen LogP contribution in [-0.4, -0.2) is 11.8 Å². The van der Waals surface area contributed by atoms with Crippen molar-refractivity contribution in [3.8, 4) is 11.5 Å². The van der Waals surface area contributed by atoms with E-state index < -0.39 is 0 Å². The van der Waals surface area contributed by atoms with Crippen molar-refractivity contribution in [3.63, 3.8) is 0 Å². The Morgan fingerprint density at radius 3 is 2.37 bits per heavy atom. The second kappa shape index (κ2) is 6.48. The molecule has 0 spiro atoms. The molecule has 4 fully saturated rings. The molecule has 6 heteroatoms. The fraction of sp³-hybridized carbons (Fsp3) is 0.417. The topological polar surface area (TPSA) is 67.4 Å². The molecular formula is C24H23ClN2O3. The van der Waals surface area contributed by atoms with Crippen LogP contribution >= 0.6 is 11.6 Å². The Labute approximate surface area is 180 Å². The summed E-state index contributed by atoms with van der Waals surface area (Å²) in [6, 6.07) is 10.4. The van der Waals surface area contributed by atoms with Gasteiger partial charge in [-0.3, -0.25) is 9.59 Å². The third-order valence-electron chi connectivity index (χ3n) is 7.41. The Morgan fingerprint density at radius 1 is 1.00 bits per heavy atom. The standard InChI is InChI=1S/C24H23ClN2O3/c25-16-1-3-21-19(8-16)27-22(28)18-9-17(2-4-20(18)30-21)26-23(29)24-10-13-5-14(11-24)7-15(6-13)12-24/h1-4,8-9,13-15H,5-7,10-12H2,(H,26,29)(H,27,28). The summed E-state index contributed by atoms with van der Waals surface area (Å²) in [6.07, 6.45) is 6.93. The number of hydrogen-bond acceptors (Lipinski definition) is 3. The molecule has 4 saturated carbocycles. The molecule has 0 saturated heterocycles. The van der Waals surface area contributed by atoms with Crippen LogP contribution in [0.15, 0.2) is 36.4 Å². The van der Waals surface area contributed by atoms with Gasteiger partial charge in [-0.1, -0.05) is 11.6 Å². The van der Waals surface area contributed by atoms with E-state index in [1.54, 1.807) is 30.3 Å². The Kier molecular flexibility index (Phi) is 3.94. The molecule has 7 rings (SSSR count). The number of benzene rings is 2. The summed E-state index contributed by atoms with van der Waals surface area (Å²) in [5.41, 5.74) is 1.33. The number of fused-ring (bicyclic) bond motifs is 2. The van der Waals surface area contributed by atoms with Crippen molar-refractivity contribution in [3.05, 3.63) is 47.0 Å². The summed E-state index contributed by atoms with van der Waals surface area (Å²) >= 11 is 6.05. The normalized spacial score (nSPS) is 30.6. The summed E-state index contributed by atoms with van der Waals surface area (Å²) in [5, 5.41) is 6.49. The van der Waals surface area contributed by atoms with Gasteiger partial charge in [0.2, 0.25) is 5.91 Å². The van der Waals surface area contributed by atoms with E-state index in [4.69, 9.17) is 16.3 Å². The van der Waals surface area contributed by atoms with Gasteiger partial charge in [0.15, 0.2) is 5.75 Å². The van der Waals surface area contributed by atoms with Crippen LogP contribution in [0.3, 0.4) is 0 Å². The first-order valence-corrected chi connectivity index (χ1v) is 11.1. The Balaban J connectivity index is 1.27. The highest BCUT2D eigenvalue weighted by Gasteiger charge is 2.54. The largest absolute Gasteiger partial charge is 0.454 e. The average molecular weight is 423 g/mol. The minimum absolute atomic E-state index is 0.117. The maximum atomic E-state index is 13.3. The second-order valence-corrected chi connectivity index (χ2v) is 10.00. The summed E-state index contributed by atoms with van der Waals surface area (Å²) in [7, 11) is 0. The third-order valence-corrected chi connectivity index (χ3v) is 7.65. The van der Waals surface area contributed by atoms with Gasteiger partial charge in [0.1, 0.15) is 5.75 Å². The molecule has 2 amide bonds. The Morgan fingerprint density at radius 2 is 1.67 bits per heavy atom. The van der Waals surface area contributed by atoms with Crippen LogP contribution in [-0.2, 0) is 4.79 Å². The number of carbonyl (C=O) groups excluding carboxylic acids is 2. The number of rotatable bonds is 2. The minimum atomic E-state index is -0.281. The van der Waals surface area contributed by atoms with Crippen LogP contribution < -0.4 is 15.4 Å². The van der Waals surface area contributed by atoms with Gasteiger partial charge in [0, 0.05) is 10.7 Å². The first-order valence-electron chi connectivity index (χ1n) is 10.7. The van der Waals surface area contributed by atoms with Gasteiger partial charge in [0.25, 0.3) is 5.91 Å². The lowest BCUT2D eigenvalue weighted by Crippen LogP contribution is -2.51. The van der Waals surface area contributed by atoms with Crippen molar-refractivity contribution in [2.24, 2.45) is 23.2 Å². The van der Waals surface area contributed by atoms with Gasteiger partial charge in [0.05, 0.1) is 16.7 Å². The fourth-order valence-corrected chi connectivity index (χ4v) is 6.70.